The predicted octanol–water partition coefficient (Wildman–Crippen LogP) is 2.11. The van der Waals surface area contributed by atoms with Crippen molar-refractivity contribution in [3.05, 3.63) is 60.3 Å². The molecule has 3 aromatic heterocycles. The molecule has 1 aliphatic carbocycles. The third-order valence-electron chi connectivity index (χ3n) is 4.88. The SMILES string of the molecule is O=C(Nc1cccc(-c2ncn(CCO)n2)c1)c1cnn2ccc(C3CC3)nc12. The third-order valence-corrected chi connectivity index (χ3v) is 4.88. The van der Waals surface area contributed by atoms with Crippen LogP contribution in [0.25, 0.3) is 17.0 Å². The first kappa shape index (κ1) is 17.5. The second-order valence-electron chi connectivity index (χ2n) is 7.04. The number of aromatic nitrogens is 6. The maximum Gasteiger partial charge on any atom is 0.261 e. The minimum atomic E-state index is -0.267. The Balaban J connectivity index is 1.39. The van der Waals surface area contributed by atoms with Gasteiger partial charge in [-0.3, -0.25) is 9.48 Å². The molecule has 0 radical (unpaired) electrons. The highest BCUT2D eigenvalue weighted by Gasteiger charge is 2.26. The van der Waals surface area contributed by atoms with Gasteiger partial charge in [-0.15, -0.1) is 0 Å². The quantitative estimate of drug-likeness (QED) is 0.523. The number of nitrogens with one attached hydrogen (secondary N) is 1. The molecule has 1 fully saturated rings. The molecule has 9 heteroatoms. The molecule has 0 spiro atoms. The first-order valence-corrected chi connectivity index (χ1v) is 9.47. The van der Waals surface area contributed by atoms with Gasteiger partial charge in [-0.2, -0.15) is 10.2 Å². The molecular weight excluding hydrogens is 370 g/mol. The fourth-order valence-corrected chi connectivity index (χ4v) is 3.22. The summed E-state index contributed by atoms with van der Waals surface area (Å²) in [5, 5.41) is 20.5. The van der Waals surface area contributed by atoms with E-state index in [1.54, 1.807) is 21.6 Å². The average molecular weight is 389 g/mol. The Hall–Kier alpha value is -3.59. The molecule has 0 aliphatic heterocycles. The summed E-state index contributed by atoms with van der Waals surface area (Å²) in [5.41, 5.74) is 3.41. The van der Waals surface area contributed by atoms with Crippen molar-refractivity contribution < 1.29 is 9.90 Å². The maximum absolute atomic E-state index is 12.9. The van der Waals surface area contributed by atoms with Crippen molar-refractivity contribution in [1.82, 2.24) is 29.4 Å². The van der Waals surface area contributed by atoms with Gasteiger partial charge in [0.05, 0.1) is 19.3 Å². The Morgan fingerprint density at radius 1 is 1.28 bits per heavy atom. The summed E-state index contributed by atoms with van der Waals surface area (Å²) in [6, 6.07) is 9.28. The molecule has 1 saturated carbocycles. The molecule has 1 amide bonds. The number of benzene rings is 1. The van der Waals surface area contributed by atoms with Gasteiger partial charge in [-0.05, 0) is 31.0 Å². The topological polar surface area (TPSA) is 110 Å². The van der Waals surface area contributed by atoms with Crippen molar-refractivity contribution in [2.24, 2.45) is 0 Å². The van der Waals surface area contributed by atoms with Crippen LogP contribution in [-0.4, -0.2) is 47.0 Å². The van der Waals surface area contributed by atoms with Gasteiger partial charge < -0.3 is 10.4 Å². The summed E-state index contributed by atoms with van der Waals surface area (Å²) in [4.78, 5) is 21.8. The van der Waals surface area contributed by atoms with Crippen LogP contribution in [-0.2, 0) is 6.54 Å². The summed E-state index contributed by atoms with van der Waals surface area (Å²) in [7, 11) is 0. The van der Waals surface area contributed by atoms with Gasteiger partial charge in [0.2, 0.25) is 0 Å². The van der Waals surface area contributed by atoms with Gasteiger partial charge in [-0.1, -0.05) is 12.1 Å². The lowest BCUT2D eigenvalue weighted by Crippen LogP contribution is -2.12. The standard InChI is InChI=1S/C20H19N7O2/c28-9-8-26-12-21-18(25-26)14-2-1-3-15(10-14)23-20(29)16-11-22-27-7-6-17(13-4-5-13)24-19(16)27/h1-3,6-7,10-13,28H,4-5,8-9H2,(H,23,29). The van der Waals surface area contributed by atoms with Gasteiger partial charge >= 0.3 is 0 Å². The monoisotopic (exact) mass is 389 g/mol. The van der Waals surface area contributed by atoms with Crippen molar-refractivity contribution in [3.8, 4) is 11.4 Å². The molecule has 146 valence electrons. The number of aliphatic hydroxyl groups is 1. The Kier molecular flexibility index (Phi) is 4.28. The Bertz CT molecular complexity index is 1190. The molecule has 2 N–H and O–H groups in total. The van der Waals surface area contributed by atoms with E-state index in [0.29, 0.717) is 35.2 Å². The number of carbonyl (C=O) groups excluding carboxylic acids is 1. The molecule has 1 aromatic carbocycles. The van der Waals surface area contributed by atoms with E-state index >= 15 is 0 Å². The molecule has 4 aromatic rings. The van der Waals surface area contributed by atoms with Crippen LogP contribution in [0, 0.1) is 0 Å². The lowest BCUT2D eigenvalue weighted by atomic mass is 10.2. The zero-order chi connectivity index (χ0) is 19.8. The van der Waals surface area contributed by atoms with Gasteiger partial charge in [-0.25, -0.2) is 14.5 Å². The smallest absolute Gasteiger partial charge is 0.261 e. The fraction of sp³-hybridized carbons (Fsp3) is 0.250. The second kappa shape index (κ2) is 7.10. The van der Waals surface area contributed by atoms with Crippen LogP contribution < -0.4 is 5.32 Å². The number of fused-ring (bicyclic) bond motifs is 1. The lowest BCUT2D eigenvalue weighted by Gasteiger charge is -2.06. The van der Waals surface area contributed by atoms with E-state index in [2.05, 4.69) is 25.5 Å². The van der Waals surface area contributed by atoms with Gasteiger partial charge in [0.15, 0.2) is 11.5 Å². The van der Waals surface area contributed by atoms with Crippen LogP contribution in [0.1, 0.15) is 34.8 Å². The molecule has 0 atom stereocenters. The fourth-order valence-electron chi connectivity index (χ4n) is 3.22. The van der Waals surface area contributed by atoms with Crippen molar-refractivity contribution in [1.29, 1.82) is 0 Å². The number of rotatable bonds is 6. The zero-order valence-corrected chi connectivity index (χ0v) is 15.6. The number of hydrogen-bond donors (Lipinski definition) is 2. The molecule has 1 aliphatic rings. The van der Waals surface area contributed by atoms with Crippen LogP contribution in [0.3, 0.4) is 0 Å². The van der Waals surface area contributed by atoms with Gasteiger partial charge in [0.25, 0.3) is 5.91 Å². The molecule has 9 nitrogen and oxygen atoms in total. The van der Waals surface area contributed by atoms with Crippen molar-refractivity contribution in [2.45, 2.75) is 25.3 Å². The number of amides is 1. The minimum Gasteiger partial charge on any atom is -0.394 e. The Labute approximate surface area is 166 Å². The highest BCUT2D eigenvalue weighted by molar-refractivity contribution is 6.08. The second-order valence-corrected chi connectivity index (χ2v) is 7.04. The predicted molar refractivity (Wildman–Crippen MR) is 105 cm³/mol. The normalized spacial score (nSPS) is 13.7. The maximum atomic E-state index is 12.9. The molecule has 29 heavy (non-hydrogen) atoms. The minimum absolute atomic E-state index is 0.00492. The largest absolute Gasteiger partial charge is 0.394 e. The third kappa shape index (κ3) is 3.47. The van der Waals surface area contributed by atoms with Crippen LogP contribution in [0.15, 0.2) is 49.1 Å². The lowest BCUT2D eigenvalue weighted by molar-refractivity contribution is 0.102. The molecule has 0 saturated heterocycles. The number of carbonyl (C=O) groups is 1. The Morgan fingerprint density at radius 3 is 3.00 bits per heavy atom. The zero-order valence-electron chi connectivity index (χ0n) is 15.6. The van der Waals surface area contributed by atoms with E-state index in [4.69, 9.17) is 5.11 Å². The van der Waals surface area contributed by atoms with Gasteiger partial charge in [0.1, 0.15) is 11.9 Å². The first-order chi connectivity index (χ1) is 14.2. The van der Waals surface area contributed by atoms with Crippen LogP contribution >= 0.6 is 0 Å². The molecule has 3 heterocycles. The molecule has 0 bridgehead atoms. The van der Waals surface area contributed by atoms with E-state index in [9.17, 15) is 4.79 Å². The summed E-state index contributed by atoms with van der Waals surface area (Å²) >= 11 is 0. The summed E-state index contributed by atoms with van der Waals surface area (Å²) < 4.78 is 3.19. The number of nitrogens with zero attached hydrogens (tertiary/aromatic N) is 6. The van der Waals surface area contributed by atoms with E-state index in [0.717, 1.165) is 24.1 Å². The van der Waals surface area contributed by atoms with Crippen molar-refractivity contribution >= 4 is 17.2 Å². The number of hydrogen-bond acceptors (Lipinski definition) is 6. The Morgan fingerprint density at radius 2 is 2.17 bits per heavy atom. The summed E-state index contributed by atoms with van der Waals surface area (Å²) in [5.74, 6) is 0.762. The highest BCUT2D eigenvalue weighted by Crippen LogP contribution is 2.39. The van der Waals surface area contributed by atoms with Crippen molar-refractivity contribution in [2.75, 3.05) is 11.9 Å². The average Bonchev–Trinajstić information content (AvgIpc) is 3.33. The van der Waals surface area contributed by atoms with Crippen molar-refractivity contribution in [3.63, 3.8) is 0 Å². The number of aliphatic hydroxyl groups excluding tert-OH is 1. The van der Waals surface area contributed by atoms with Crippen LogP contribution in [0.5, 0.6) is 0 Å². The van der Waals surface area contributed by atoms with E-state index in [1.807, 2.05) is 30.5 Å². The molecule has 0 unspecified atom stereocenters. The molecule has 5 rings (SSSR count). The number of anilines is 1. The first-order valence-electron chi connectivity index (χ1n) is 9.47. The van der Waals surface area contributed by atoms with Crippen LogP contribution in [0.4, 0.5) is 5.69 Å². The summed E-state index contributed by atoms with van der Waals surface area (Å²) in [6.07, 6.45) is 7.25. The van der Waals surface area contributed by atoms with E-state index < -0.39 is 0 Å². The van der Waals surface area contributed by atoms with Crippen LogP contribution in [0.2, 0.25) is 0 Å². The molecular formula is C20H19N7O2. The highest BCUT2D eigenvalue weighted by atomic mass is 16.3. The summed E-state index contributed by atoms with van der Waals surface area (Å²) in [6.45, 7) is 0.378. The van der Waals surface area contributed by atoms with E-state index in [-0.39, 0.29) is 12.5 Å². The van der Waals surface area contributed by atoms with E-state index in [1.165, 1.54) is 6.20 Å². The van der Waals surface area contributed by atoms with Gasteiger partial charge in [0, 0.05) is 29.1 Å².